The highest BCUT2D eigenvalue weighted by Gasteiger charge is 2.12. The summed E-state index contributed by atoms with van der Waals surface area (Å²) >= 11 is 0. The fraction of sp³-hybridized carbons (Fsp3) is 0.174. The summed E-state index contributed by atoms with van der Waals surface area (Å²) in [6.45, 7) is 1.79. The van der Waals surface area contributed by atoms with Crippen LogP contribution in [0.5, 0.6) is 11.5 Å². The molecule has 3 rings (SSSR count). The van der Waals surface area contributed by atoms with Crippen molar-refractivity contribution in [3.63, 3.8) is 0 Å². The summed E-state index contributed by atoms with van der Waals surface area (Å²) in [6, 6.07) is 15.7. The third-order valence-electron chi connectivity index (χ3n) is 4.43. The molecular formula is C23H23N3O4. The van der Waals surface area contributed by atoms with E-state index >= 15 is 0 Å². The summed E-state index contributed by atoms with van der Waals surface area (Å²) in [6.07, 6.45) is 2.04. The summed E-state index contributed by atoms with van der Waals surface area (Å²) in [4.78, 5) is 28.8. The van der Waals surface area contributed by atoms with Crippen LogP contribution >= 0.6 is 0 Å². The van der Waals surface area contributed by atoms with E-state index in [1.165, 1.54) is 0 Å². The van der Waals surface area contributed by atoms with Crippen LogP contribution in [0, 0.1) is 0 Å². The van der Waals surface area contributed by atoms with Gasteiger partial charge in [0.05, 0.1) is 25.6 Å². The van der Waals surface area contributed by atoms with Crippen molar-refractivity contribution in [2.75, 3.05) is 24.9 Å². The fourth-order valence-electron chi connectivity index (χ4n) is 2.84. The number of aromatic nitrogens is 1. The molecule has 0 spiro atoms. The van der Waals surface area contributed by atoms with Crippen molar-refractivity contribution in [1.82, 2.24) is 4.98 Å². The van der Waals surface area contributed by atoms with Crippen molar-refractivity contribution in [1.29, 1.82) is 0 Å². The van der Waals surface area contributed by atoms with Gasteiger partial charge in [0, 0.05) is 47.6 Å². The van der Waals surface area contributed by atoms with E-state index in [-0.39, 0.29) is 11.8 Å². The zero-order valence-corrected chi connectivity index (χ0v) is 17.1. The van der Waals surface area contributed by atoms with Gasteiger partial charge < -0.3 is 20.1 Å². The molecule has 0 fully saturated rings. The maximum atomic E-state index is 12.6. The van der Waals surface area contributed by atoms with Gasteiger partial charge in [0.15, 0.2) is 0 Å². The van der Waals surface area contributed by atoms with E-state index in [0.717, 1.165) is 5.56 Å². The van der Waals surface area contributed by atoms with Gasteiger partial charge in [0.1, 0.15) is 11.5 Å². The Kier molecular flexibility index (Phi) is 6.64. The molecule has 0 saturated carbocycles. The first-order valence-electron chi connectivity index (χ1n) is 9.43. The lowest BCUT2D eigenvalue weighted by molar-refractivity contribution is -0.115. The highest BCUT2D eigenvalue weighted by atomic mass is 16.5. The number of hydrogen-bond acceptors (Lipinski definition) is 5. The van der Waals surface area contributed by atoms with E-state index in [4.69, 9.17) is 9.47 Å². The Morgan fingerprint density at radius 1 is 0.933 bits per heavy atom. The quantitative estimate of drug-likeness (QED) is 0.609. The number of benzene rings is 2. The molecule has 0 aliphatic carbocycles. The van der Waals surface area contributed by atoms with Crippen LogP contribution in [0.15, 0.2) is 60.8 Å². The van der Waals surface area contributed by atoms with Gasteiger partial charge in [-0.1, -0.05) is 19.1 Å². The first-order chi connectivity index (χ1) is 14.5. The first kappa shape index (κ1) is 20.9. The third kappa shape index (κ3) is 4.94. The summed E-state index contributed by atoms with van der Waals surface area (Å²) in [5.41, 5.74) is 3.11. The van der Waals surface area contributed by atoms with E-state index in [1.807, 2.05) is 0 Å². The van der Waals surface area contributed by atoms with Crippen LogP contribution in [0.25, 0.3) is 11.3 Å². The molecule has 0 bridgehead atoms. The Morgan fingerprint density at radius 3 is 2.20 bits per heavy atom. The van der Waals surface area contributed by atoms with Crippen LogP contribution in [0.2, 0.25) is 0 Å². The van der Waals surface area contributed by atoms with E-state index in [9.17, 15) is 9.59 Å². The van der Waals surface area contributed by atoms with E-state index in [2.05, 4.69) is 15.6 Å². The van der Waals surface area contributed by atoms with Crippen molar-refractivity contribution in [2.24, 2.45) is 0 Å². The molecule has 2 N–H and O–H groups in total. The van der Waals surface area contributed by atoms with E-state index in [1.54, 1.807) is 81.9 Å². The van der Waals surface area contributed by atoms with Gasteiger partial charge >= 0.3 is 0 Å². The zero-order valence-electron chi connectivity index (χ0n) is 17.1. The van der Waals surface area contributed by atoms with Crippen LogP contribution in [-0.2, 0) is 4.79 Å². The number of methoxy groups -OCH3 is 2. The zero-order chi connectivity index (χ0) is 21.5. The van der Waals surface area contributed by atoms with Crippen molar-refractivity contribution >= 4 is 23.2 Å². The smallest absolute Gasteiger partial charge is 0.255 e. The predicted molar refractivity (Wildman–Crippen MR) is 116 cm³/mol. The molecule has 1 heterocycles. The van der Waals surface area contributed by atoms with E-state index < -0.39 is 0 Å². The topological polar surface area (TPSA) is 89.6 Å². The number of nitrogens with one attached hydrogen (secondary N) is 2. The molecular weight excluding hydrogens is 382 g/mol. The number of carbonyl (C=O) groups excluding carboxylic acids is 2. The highest BCUT2D eigenvalue weighted by molar-refractivity contribution is 6.04. The third-order valence-corrected chi connectivity index (χ3v) is 4.43. The Balaban J connectivity index is 1.80. The number of hydrogen-bond donors (Lipinski definition) is 2. The second-order valence-electron chi connectivity index (χ2n) is 6.43. The minimum Gasteiger partial charge on any atom is -0.497 e. The van der Waals surface area contributed by atoms with Crippen molar-refractivity contribution < 1.29 is 19.1 Å². The molecule has 2 aromatic carbocycles. The second-order valence-corrected chi connectivity index (χ2v) is 6.43. The van der Waals surface area contributed by atoms with Gasteiger partial charge in [-0.3, -0.25) is 14.6 Å². The minimum atomic E-state index is -0.266. The maximum Gasteiger partial charge on any atom is 0.255 e. The van der Waals surface area contributed by atoms with Crippen LogP contribution in [0.3, 0.4) is 0 Å². The predicted octanol–water partition coefficient (Wildman–Crippen LogP) is 4.37. The number of pyridine rings is 1. The second kappa shape index (κ2) is 9.56. The molecule has 0 atom stereocenters. The molecule has 3 aromatic rings. The van der Waals surface area contributed by atoms with Crippen LogP contribution < -0.4 is 20.1 Å². The van der Waals surface area contributed by atoms with Crippen molar-refractivity contribution in [3.8, 4) is 22.8 Å². The molecule has 2 amide bonds. The Labute approximate surface area is 175 Å². The van der Waals surface area contributed by atoms with Gasteiger partial charge in [0.25, 0.3) is 5.91 Å². The first-order valence-corrected chi connectivity index (χ1v) is 9.43. The number of rotatable bonds is 7. The number of carbonyl (C=O) groups is 2. The van der Waals surface area contributed by atoms with Crippen LogP contribution in [0.4, 0.5) is 11.4 Å². The Hall–Kier alpha value is -3.87. The lowest BCUT2D eigenvalue weighted by Gasteiger charge is -2.11. The summed E-state index contributed by atoms with van der Waals surface area (Å²) in [5.74, 6) is 0.806. The van der Waals surface area contributed by atoms with E-state index in [0.29, 0.717) is 40.6 Å². The SMILES string of the molecule is CCC(=O)Nc1cccnc1-c1ccc(C(=O)Nc2cc(OC)cc(OC)c2)cc1. The Morgan fingerprint density at radius 2 is 1.60 bits per heavy atom. The normalized spacial score (nSPS) is 10.2. The van der Waals surface area contributed by atoms with Crippen molar-refractivity contribution in [2.45, 2.75) is 13.3 Å². The number of amides is 2. The maximum absolute atomic E-state index is 12.6. The molecule has 0 radical (unpaired) electrons. The van der Waals surface area contributed by atoms with Crippen LogP contribution in [0.1, 0.15) is 23.7 Å². The van der Waals surface area contributed by atoms with Gasteiger partial charge in [-0.15, -0.1) is 0 Å². The number of anilines is 2. The molecule has 1 aromatic heterocycles. The number of ether oxygens (including phenoxy) is 2. The average molecular weight is 405 g/mol. The Bertz CT molecular complexity index is 1030. The minimum absolute atomic E-state index is 0.0889. The van der Waals surface area contributed by atoms with Gasteiger partial charge in [0.2, 0.25) is 5.91 Å². The average Bonchev–Trinajstić information content (AvgIpc) is 2.79. The lowest BCUT2D eigenvalue weighted by atomic mass is 10.1. The van der Waals surface area contributed by atoms with Gasteiger partial charge in [-0.25, -0.2) is 0 Å². The van der Waals surface area contributed by atoms with Crippen molar-refractivity contribution in [3.05, 3.63) is 66.4 Å². The van der Waals surface area contributed by atoms with Gasteiger partial charge in [-0.05, 0) is 24.3 Å². The standard InChI is InChI=1S/C23H23N3O4/c1-4-21(27)26-20-6-5-11-24-22(20)15-7-9-16(10-8-15)23(28)25-17-12-18(29-2)14-19(13-17)30-3/h5-14H,4H2,1-3H3,(H,25,28)(H,26,27). The lowest BCUT2D eigenvalue weighted by Crippen LogP contribution is -2.12. The molecule has 7 heteroatoms. The molecule has 7 nitrogen and oxygen atoms in total. The molecule has 0 aliphatic rings. The van der Waals surface area contributed by atoms with Crippen LogP contribution in [-0.4, -0.2) is 31.0 Å². The summed E-state index contributed by atoms with van der Waals surface area (Å²) in [7, 11) is 3.10. The number of nitrogens with zero attached hydrogens (tertiary/aromatic N) is 1. The fourth-order valence-corrected chi connectivity index (χ4v) is 2.84. The molecule has 30 heavy (non-hydrogen) atoms. The monoisotopic (exact) mass is 405 g/mol. The molecule has 0 unspecified atom stereocenters. The largest absolute Gasteiger partial charge is 0.497 e. The summed E-state index contributed by atoms with van der Waals surface area (Å²) in [5, 5.41) is 5.69. The highest BCUT2D eigenvalue weighted by Crippen LogP contribution is 2.28. The summed E-state index contributed by atoms with van der Waals surface area (Å²) < 4.78 is 10.5. The van der Waals surface area contributed by atoms with Gasteiger partial charge in [-0.2, -0.15) is 0 Å². The molecule has 154 valence electrons. The molecule has 0 saturated heterocycles. The molecule has 0 aliphatic heterocycles.